The van der Waals surface area contributed by atoms with Crippen LogP contribution in [0.5, 0.6) is 0 Å². The molecule has 0 radical (unpaired) electrons. The Morgan fingerprint density at radius 3 is 2.20 bits per heavy atom. The molecular weight excluding hydrogens is 399 g/mol. The van der Waals surface area contributed by atoms with Gasteiger partial charge < -0.3 is 5.11 Å². The number of aliphatic hydroxyl groups is 1. The van der Waals surface area contributed by atoms with E-state index in [0.29, 0.717) is 5.56 Å². The molecular formula is C24H25F5O. The number of benzene rings is 2. The topological polar surface area (TPSA) is 20.2 Å². The summed E-state index contributed by atoms with van der Waals surface area (Å²) in [6.45, 7) is 2.10. The predicted molar refractivity (Wildman–Crippen MR) is 107 cm³/mol. The Hall–Kier alpha value is -2.21. The fraction of sp³-hybridized carbons (Fsp3) is 0.417. The van der Waals surface area contributed by atoms with Gasteiger partial charge in [-0.1, -0.05) is 49.7 Å². The SMILES string of the molecule is CCCc1ccc(-c2ccc(C3(O)CCC(C(F)=CC(F)(F)F)CC3)c(F)c2)cc1. The first kappa shape index (κ1) is 22.5. The van der Waals surface area contributed by atoms with Gasteiger partial charge in [-0.2, -0.15) is 13.2 Å². The second-order valence-electron chi connectivity index (χ2n) is 8.02. The van der Waals surface area contributed by atoms with E-state index < -0.39 is 29.3 Å². The maximum atomic E-state index is 14.8. The summed E-state index contributed by atoms with van der Waals surface area (Å²) in [5, 5.41) is 10.9. The Bertz CT molecular complexity index is 891. The normalized spacial score (nSPS) is 22.9. The van der Waals surface area contributed by atoms with E-state index >= 15 is 0 Å². The molecule has 0 atom stereocenters. The van der Waals surface area contributed by atoms with Crippen molar-refractivity contribution < 1.29 is 27.1 Å². The van der Waals surface area contributed by atoms with Crippen molar-refractivity contribution in [3.05, 3.63) is 71.3 Å². The molecule has 1 nitrogen and oxygen atoms in total. The van der Waals surface area contributed by atoms with E-state index in [1.807, 2.05) is 24.3 Å². The molecule has 1 fully saturated rings. The lowest BCUT2D eigenvalue weighted by molar-refractivity contribution is -0.0825. The number of alkyl halides is 3. The average Bonchev–Trinajstić information content (AvgIpc) is 2.68. The summed E-state index contributed by atoms with van der Waals surface area (Å²) < 4.78 is 65.7. The van der Waals surface area contributed by atoms with Crippen molar-refractivity contribution in [3.8, 4) is 11.1 Å². The maximum Gasteiger partial charge on any atom is 0.412 e. The minimum atomic E-state index is -4.71. The van der Waals surface area contributed by atoms with Crippen molar-refractivity contribution in [2.45, 2.75) is 57.2 Å². The predicted octanol–water partition coefficient (Wildman–Crippen LogP) is 7.24. The van der Waals surface area contributed by atoms with Crippen LogP contribution in [0.1, 0.15) is 50.2 Å². The van der Waals surface area contributed by atoms with Crippen molar-refractivity contribution in [1.82, 2.24) is 0 Å². The zero-order valence-electron chi connectivity index (χ0n) is 16.8. The van der Waals surface area contributed by atoms with Gasteiger partial charge in [-0.3, -0.25) is 0 Å². The van der Waals surface area contributed by atoms with Crippen LogP contribution >= 0.6 is 0 Å². The third-order valence-electron chi connectivity index (χ3n) is 5.80. The Labute approximate surface area is 173 Å². The quantitative estimate of drug-likeness (QED) is 0.502. The van der Waals surface area contributed by atoms with E-state index in [0.717, 1.165) is 18.4 Å². The highest BCUT2D eigenvalue weighted by Gasteiger charge is 2.39. The minimum absolute atomic E-state index is 0.00122. The summed E-state index contributed by atoms with van der Waals surface area (Å²) in [5.41, 5.74) is 1.33. The first-order chi connectivity index (χ1) is 14.1. The number of hydrogen-bond acceptors (Lipinski definition) is 1. The van der Waals surface area contributed by atoms with Crippen molar-refractivity contribution in [1.29, 1.82) is 0 Å². The highest BCUT2D eigenvalue weighted by molar-refractivity contribution is 5.64. The largest absolute Gasteiger partial charge is 0.412 e. The van der Waals surface area contributed by atoms with Crippen LogP contribution in [-0.4, -0.2) is 11.3 Å². The Kier molecular flexibility index (Phi) is 6.65. The molecule has 1 saturated carbocycles. The number of aryl methyl sites for hydroxylation is 1. The number of allylic oxidation sites excluding steroid dienone is 2. The van der Waals surface area contributed by atoms with Crippen LogP contribution in [0, 0.1) is 11.7 Å². The van der Waals surface area contributed by atoms with Gasteiger partial charge >= 0.3 is 6.18 Å². The second-order valence-corrected chi connectivity index (χ2v) is 8.02. The van der Waals surface area contributed by atoms with Crippen molar-refractivity contribution in [2.24, 2.45) is 5.92 Å². The molecule has 1 aliphatic carbocycles. The smallest absolute Gasteiger partial charge is 0.385 e. The lowest BCUT2D eigenvalue weighted by Gasteiger charge is -2.36. The van der Waals surface area contributed by atoms with Crippen LogP contribution in [0.15, 0.2) is 54.4 Å². The fourth-order valence-corrected chi connectivity index (χ4v) is 4.14. The summed E-state index contributed by atoms with van der Waals surface area (Å²) in [7, 11) is 0. The lowest BCUT2D eigenvalue weighted by Crippen LogP contribution is -2.32. The lowest BCUT2D eigenvalue weighted by atomic mass is 9.74. The number of halogens is 5. The average molecular weight is 424 g/mol. The van der Waals surface area contributed by atoms with Crippen LogP contribution in [-0.2, 0) is 12.0 Å². The zero-order valence-corrected chi connectivity index (χ0v) is 16.8. The molecule has 0 unspecified atom stereocenters. The minimum Gasteiger partial charge on any atom is -0.385 e. The molecule has 2 aromatic rings. The molecule has 0 saturated heterocycles. The first-order valence-electron chi connectivity index (χ1n) is 10.2. The third-order valence-corrected chi connectivity index (χ3v) is 5.80. The van der Waals surface area contributed by atoms with Gasteiger partial charge in [-0.15, -0.1) is 0 Å². The standard InChI is InChI=1S/C24H25F5O/c1-2-3-16-4-6-17(7-5-16)19-8-9-20(21(25)14-19)23(30)12-10-18(11-13-23)22(26)15-24(27,28)29/h4-9,14-15,18,30H,2-3,10-13H2,1H3. The van der Waals surface area contributed by atoms with Crippen LogP contribution in [0.3, 0.4) is 0 Å². The molecule has 162 valence electrons. The van der Waals surface area contributed by atoms with Crippen LogP contribution in [0.2, 0.25) is 0 Å². The summed E-state index contributed by atoms with van der Waals surface area (Å²) in [4.78, 5) is 0. The van der Waals surface area contributed by atoms with Crippen LogP contribution in [0.25, 0.3) is 11.1 Å². The molecule has 0 aliphatic heterocycles. The Morgan fingerprint density at radius 2 is 1.67 bits per heavy atom. The van der Waals surface area contributed by atoms with Gasteiger partial charge in [-0.05, 0) is 54.9 Å². The van der Waals surface area contributed by atoms with Crippen LogP contribution in [0.4, 0.5) is 22.0 Å². The Morgan fingerprint density at radius 1 is 1.07 bits per heavy atom. The van der Waals surface area contributed by atoms with Crippen molar-refractivity contribution >= 4 is 0 Å². The summed E-state index contributed by atoms with van der Waals surface area (Å²) in [5.74, 6) is -2.71. The highest BCUT2D eigenvalue weighted by atomic mass is 19.4. The molecule has 2 aromatic carbocycles. The molecule has 0 bridgehead atoms. The van der Waals surface area contributed by atoms with Crippen molar-refractivity contribution in [2.75, 3.05) is 0 Å². The number of hydrogen-bond donors (Lipinski definition) is 1. The summed E-state index contributed by atoms with van der Waals surface area (Å²) in [6.07, 6.45) is -2.99. The first-order valence-corrected chi connectivity index (χ1v) is 10.2. The third kappa shape index (κ3) is 5.28. The molecule has 0 spiro atoms. The second kappa shape index (κ2) is 8.88. The molecule has 1 aliphatic rings. The summed E-state index contributed by atoms with van der Waals surface area (Å²) in [6, 6.07) is 12.5. The van der Waals surface area contributed by atoms with E-state index in [9.17, 15) is 27.1 Å². The van der Waals surface area contributed by atoms with E-state index in [4.69, 9.17) is 0 Å². The molecule has 1 N–H and O–H groups in total. The summed E-state index contributed by atoms with van der Waals surface area (Å²) >= 11 is 0. The number of rotatable bonds is 5. The van der Waals surface area contributed by atoms with Gasteiger partial charge in [0.25, 0.3) is 0 Å². The monoisotopic (exact) mass is 424 g/mol. The van der Waals surface area contributed by atoms with E-state index in [-0.39, 0.29) is 37.3 Å². The molecule has 0 amide bonds. The molecule has 3 rings (SSSR count). The van der Waals surface area contributed by atoms with E-state index in [2.05, 4.69) is 6.92 Å². The van der Waals surface area contributed by atoms with Gasteiger partial charge in [0.1, 0.15) is 11.6 Å². The molecule has 6 heteroatoms. The van der Waals surface area contributed by atoms with Gasteiger partial charge in [0.05, 0.1) is 11.7 Å². The van der Waals surface area contributed by atoms with Gasteiger partial charge in [0, 0.05) is 11.5 Å². The molecule has 30 heavy (non-hydrogen) atoms. The highest BCUT2D eigenvalue weighted by Crippen LogP contribution is 2.44. The van der Waals surface area contributed by atoms with Gasteiger partial charge in [0.15, 0.2) is 0 Å². The zero-order chi connectivity index (χ0) is 21.9. The van der Waals surface area contributed by atoms with Crippen molar-refractivity contribution in [3.63, 3.8) is 0 Å². The van der Waals surface area contributed by atoms with Gasteiger partial charge in [-0.25, -0.2) is 8.78 Å². The van der Waals surface area contributed by atoms with E-state index in [1.165, 1.54) is 17.7 Å². The fourth-order valence-electron chi connectivity index (χ4n) is 4.14. The van der Waals surface area contributed by atoms with E-state index in [1.54, 1.807) is 6.07 Å². The Balaban J connectivity index is 1.74. The van der Waals surface area contributed by atoms with Gasteiger partial charge in [0.2, 0.25) is 0 Å². The maximum absolute atomic E-state index is 14.8. The molecule has 0 aromatic heterocycles. The molecule has 0 heterocycles. The van der Waals surface area contributed by atoms with Crippen LogP contribution < -0.4 is 0 Å².